The number of hydrogen-bond acceptors (Lipinski definition) is 5. The van der Waals surface area contributed by atoms with E-state index in [0.717, 1.165) is 0 Å². The number of rotatable bonds is 4. The molecule has 2 aromatic rings. The Balaban J connectivity index is 2.26. The smallest absolute Gasteiger partial charge is 0.290 e. The topological polar surface area (TPSA) is 74.5 Å². The quantitative estimate of drug-likeness (QED) is 0.625. The van der Waals surface area contributed by atoms with E-state index in [1.54, 1.807) is 32.2 Å². The zero-order chi connectivity index (χ0) is 14.7. The molecule has 0 unspecified atom stereocenters. The SMILES string of the molecule is COc1ccc(Oc2cc(C)c([N+](=O)[O-])cn2)c(Br)c1. The van der Waals surface area contributed by atoms with Gasteiger partial charge in [-0.2, -0.15) is 0 Å². The molecule has 0 radical (unpaired) electrons. The standard InChI is InChI=1S/C13H11BrN2O4/c1-8-5-13(15-7-11(8)16(17)18)20-12-4-3-9(19-2)6-10(12)14/h3-7H,1-2H3. The van der Waals surface area contributed by atoms with Crippen LogP contribution in [0.25, 0.3) is 0 Å². The lowest BCUT2D eigenvalue weighted by Gasteiger charge is -2.08. The number of halogens is 1. The van der Waals surface area contributed by atoms with Gasteiger partial charge in [0.05, 0.1) is 16.5 Å². The molecule has 0 amide bonds. The van der Waals surface area contributed by atoms with Gasteiger partial charge >= 0.3 is 0 Å². The Hall–Kier alpha value is -2.15. The Morgan fingerprint density at radius 2 is 2.10 bits per heavy atom. The van der Waals surface area contributed by atoms with Gasteiger partial charge in [0, 0.05) is 11.6 Å². The normalized spacial score (nSPS) is 10.2. The molecule has 0 spiro atoms. The minimum atomic E-state index is -0.477. The molecule has 0 N–H and O–H groups in total. The van der Waals surface area contributed by atoms with Crippen LogP contribution in [0.1, 0.15) is 5.56 Å². The number of hydrogen-bond donors (Lipinski definition) is 0. The van der Waals surface area contributed by atoms with E-state index in [2.05, 4.69) is 20.9 Å². The number of aromatic nitrogens is 1. The molecule has 0 aliphatic rings. The van der Waals surface area contributed by atoms with Crippen LogP contribution in [-0.2, 0) is 0 Å². The monoisotopic (exact) mass is 338 g/mol. The molecular weight excluding hydrogens is 328 g/mol. The highest BCUT2D eigenvalue weighted by atomic mass is 79.9. The van der Waals surface area contributed by atoms with Gasteiger partial charge in [0.1, 0.15) is 17.7 Å². The summed E-state index contributed by atoms with van der Waals surface area (Å²) in [6, 6.07) is 6.75. The van der Waals surface area contributed by atoms with Gasteiger partial charge in [-0.1, -0.05) is 0 Å². The summed E-state index contributed by atoms with van der Waals surface area (Å²) in [5, 5.41) is 10.7. The molecule has 0 aliphatic heterocycles. The van der Waals surface area contributed by atoms with Crippen molar-refractivity contribution in [3.63, 3.8) is 0 Å². The van der Waals surface area contributed by atoms with Gasteiger partial charge in [-0.05, 0) is 41.1 Å². The largest absolute Gasteiger partial charge is 0.497 e. The maximum absolute atomic E-state index is 10.7. The second kappa shape index (κ2) is 5.87. The number of ether oxygens (including phenoxy) is 2. The summed E-state index contributed by atoms with van der Waals surface area (Å²) < 4.78 is 11.4. The van der Waals surface area contributed by atoms with Crippen LogP contribution in [-0.4, -0.2) is 17.0 Å². The summed E-state index contributed by atoms with van der Waals surface area (Å²) in [6.45, 7) is 1.63. The molecule has 6 nitrogen and oxygen atoms in total. The molecule has 0 bridgehead atoms. The maximum Gasteiger partial charge on any atom is 0.290 e. The zero-order valence-electron chi connectivity index (χ0n) is 10.8. The molecule has 0 atom stereocenters. The van der Waals surface area contributed by atoms with E-state index < -0.39 is 4.92 Å². The molecule has 20 heavy (non-hydrogen) atoms. The highest BCUT2D eigenvalue weighted by Crippen LogP contribution is 2.32. The van der Waals surface area contributed by atoms with Crippen LogP contribution in [0.2, 0.25) is 0 Å². The maximum atomic E-state index is 10.7. The second-order valence-electron chi connectivity index (χ2n) is 3.96. The summed E-state index contributed by atoms with van der Waals surface area (Å²) in [4.78, 5) is 14.2. The Morgan fingerprint density at radius 3 is 2.65 bits per heavy atom. The highest BCUT2D eigenvalue weighted by Gasteiger charge is 2.13. The fraction of sp³-hybridized carbons (Fsp3) is 0.154. The minimum absolute atomic E-state index is 0.0360. The number of benzene rings is 1. The summed E-state index contributed by atoms with van der Waals surface area (Å²) in [7, 11) is 1.57. The van der Waals surface area contributed by atoms with E-state index in [0.29, 0.717) is 27.4 Å². The van der Waals surface area contributed by atoms with Crippen molar-refractivity contribution in [1.82, 2.24) is 4.98 Å². The molecule has 7 heteroatoms. The lowest BCUT2D eigenvalue weighted by atomic mass is 10.2. The Labute approximate surface area is 123 Å². The minimum Gasteiger partial charge on any atom is -0.497 e. The molecule has 0 aliphatic carbocycles. The predicted octanol–water partition coefficient (Wildman–Crippen LogP) is 3.86. The molecular formula is C13H11BrN2O4. The van der Waals surface area contributed by atoms with Crippen molar-refractivity contribution in [1.29, 1.82) is 0 Å². The van der Waals surface area contributed by atoms with E-state index in [1.165, 1.54) is 12.3 Å². The molecule has 0 saturated heterocycles. The van der Waals surface area contributed by atoms with Crippen LogP contribution in [0.3, 0.4) is 0 Å². The van der Waals surface area contributed by atoms with E-state index in [4.69, 9.17) is 9.47 Å². The average molecular weight is 339 g/mol. The first kappa shape index (κ1) is 14.3. The van der Waals surface area contributed by atoms with E-state index in [1.807, 2.05) is 0 Å². The molecule has 0 saturated carbocycles. The van der Waals surface area contributed by atoms with Gasteiger partial charge in [-0.3, -0.25) is 10.1 Å². The Bertz CT molecular complexity index is 661. The predicted molar refractivity (Wildman–Crippen MR) is 76.4 cm³/mol. The fourth-order valence-corrected chi connectivity index (χ4v) is 2.01. The molecule has 2 rings (SSSR count). The first-order chi connectivity index (χ1) is 9.51. The van der Waals surface area contributed by atoms with Gasteiger partial charge in [0.25, 0.3) is 5.69 Å². The summed E-state index contributed by atoms with van der Waals surface area (Å²) >= 11 is 3.36. The summed E-state index contributed by atoms with van der Waals surface area (Å²) in [5.74, 6) is 1.53. The Morgan fingerprint density at radius 1 is 1.35 bits per heavy atom. The van der Waals surface area contributed by atoms with Crippen molar-refractivity contribution in [2.24, 2.45) is 0 Å². The molecule has 104 valence electrons. The molecule has 1 heterocycles. The van der Waals surface area contributed by atoms with Crippen LogP contribution >= 0.6 is 15.9 Å². The lowest BCUT2D eigenvalue weighted by molar-refractivity contribution is -0.385. The van der Waals surface area contributed by atoms with E-state index in [-0.39, 0.29) is 5.69 Å². The van der Waals surface area contributed by atoms with Gasteiger partial charge in [-0.25, -0.2) is 4.98 Å². The highest BCUT2D eigenvalue weighted by molar-refractivity contribution is 9.10. The first-order valence-corrected chi connectivity index (χ1v) is 6.43. The van der Waals surface area contributed by atoms with E-state index >= 15 is 0 Å². The van der Waals surface area contributed by atoms with Crippen molar-refractivity contribution in [3.05, 3.63) is 50.6 Å². The van der Waals surface area contributed by atoms with Crippen LogP contribution < -0.4 is 9.47 Å². The first-order valence-electron chi connectivity index (χ1n) is 5.63. The fourth-order valence-electron chi connectivity index (χ4n) is 1.57. The van der Waals surface area contributed by atoms with Crippen molar-refractivity contribution in [3.8, 4) is 17.4 Å². The third kappa shape index (κ3) is 3.05. The second-order valence-corrected chi connectivity index (χ2v) is 4.82. The third-order valence-corrected chi connectivity index (χ3v) is 3.23. The summed E-state index contributed by atoms with van der Waals surface area (Å²) in [6.07, 6.45) is 1.18. The van der Waals surface area contributed by atoms with Crippen molar-refractivity contribution in [2.75, 3.05) is 7.11 Å². The van der Waals surface area contributed by atoms with Crippen LogP contribution in [0.15, 0.2) is 34.9 Å². The molecule has 0 fully saturated rings. The lowest BCUT2D eigenvalue weighted by Crippen LogP contribution is -1.95. The van der Waals surface area contributed by atoms with Gasteiger partial charge in [0.15, 0.2) is 0 Å². The molecule has 1 aromatic heterocycles. The van der Waals surface area contributed by atoms with Gasteiger partial charge in [0.2, 0.25) is 5.88 Å². The van der Waals surface area contributed by atoms with Crippen molar-refractivity contribution in [2.45, 2.75) is 6.92 Å². The third-order valence-electron chi connectivity index (χ3n) is 2.61. The summed E-state index contributed by atoms with van der Waals surface area (Å²) in [5.41, 5.74) is 0.454. The van der Waals surface area contributed by atoms with Gasteiger partial charge in [-0.15, -0.1) is 0 Å². The number of aryl methyl sites for hydroxylation is 1. The van der Waals surface area contributed by atoms with Crippen molar-refractivity contribution >= 4 is 21.6 Å². The number of methoxy groups -OCH3 is 1. The van der Waals surface area contributed by atoms with Crippen molar-refractivity contribution < 1.29 is 14.4 Å². The number of nitrogens with zero attached hydrogens (tertiary/aromatic N) is 2. The Kier molecular flexibility index (Phi) is 4.19. The number of pyridine rings is 1. The number of nitro groups is 1. The van der Waals surface area contributed by atoms with Gasteiger partial charge < -0.3 is 9.47 Å². The zero-order valence-corrected chi connectivity index (χ0v) is 12.4. The van der Waals surface area contributed by atoms with Crippen LogP contribution in [0.5, 0.6) is 17.4 Å². The average Bonchev–Trinajstić information content (AvgIpc) is 2.40. The van der Waals surface area contributed by atoms with E-state index in [9.17, 15) is 10.1 Å². The van der Waals surface area contributed by atoms with Crippen LogP contribution in [0.4, 0.5) is 5.69 Å². The van der Waals surface area contributed by atoms with Crippen LogP contribution in [0, 0.1) is 17.0 Å². The molecule has 1 aromatic carbocycles.